The van der Waals surface area contributed by atoms with Gasteiger partial charge >= 0.3 is 0 Å². The maximum atomic E-state index is 12.9. The molecule has 3 heterocycles. The van der Waals surface area contributed by atoms with Crippen molar-refractivity contribution in [3.63, 3.8) is 0 Å². The molecule has 1 aliphatic carbocycles. The molecule has 0 spiro atoms. The van der Waals surface area contributed by atoms with Crippen LogP contribution in [0.5, 0.6) is 0 Å². The summed E-state index contributed by atoms with van der Waals surface area (Å²) >= 11 is 6.11. The number of nitrogens with one attached hydrogen (secondary N) is 1. The summed E-state index contributed by atoms with van der Waals surface area (Å²) < 4.78 is 1.63. The van der Waals surface area contributed by atoms with Crippen LogP contribution >= 0.6 is 11.6 Å². The highest BCUT2D eigenvalue weighted by atomic mass is 35.5. The molecule has 2 aliphatic rings. The Morgan fingerprint density at radius 3 is 2.85 bits per heavy atom. The van der Waals surface area contributed by atoms with Crippen molar-refractivity contribution in [2.75, 3.05) is 13.1 Å². The van der Waals surface area contributed by atoms with E-state index in [4.69, 9.17) is 16.6 Å². The van der Waals surface area contributed by atoms with Gasteiger partial charge in [-0.3, -0.25) is 9.59 Å². The summed E-state index contributed by atoms with van der Waals surface area (Å²) in [6, 6.07) is 7.50. The van der Waals surface area contributed by atoms with E-state index in [-0.39, 0.29) is 22.9 Å². The topological polar surface area (TPSA) is 96.8 Å². The van der Waals surface area contributed by atoms with Gasteiger partial charge in [0.1, 0.15) is 5.82 Å². The average molecular weight is 469 g/mol. The quantitative estimate of drug-likeness (QED) is 0.591. The standard InChI is InChI=1S/C24H29ClN6O2/c25-19-9-3-7-17(13-19)14-31-23-21(28-29-31)24(33)27-22(26-23)18-8-4-12-30(15-18)20(32)11-10-16-5-1-2-6-16/h3,7,9,13,16,18H,1-2,4-6,8,10-12,14-15H2,(H,26,27,33)/t18-/m0/s1. The van der Waals surface area contributed by atoms with Crippen molar-refractivity contribution in [3.8, 4) is 0 Å². The van der Waals surface area contributed by atoms with Crippen molar-refractivity contribution in [2.24, 2.45) is 5.92 Å². The van der Waals surface area contributed by atoms with Crippen LogP contribution in [0.15, 0.2) is 29.1 Å². The van der Waals surface area contributed by atoms with E-state index >= 15 is 0 Å². The number of rotatable bonds is 6. The first-order chi connectivity index (χ1) is 16.1. The van der Waals surface area contributed by atoms with E-state index in [0.29, 0.717) is 41.9 Å². The summed E-state index contributed by atoms with van der Waals surface area (Å²) in [5.41, 5.74) is 1.34. The van der Waals surface area contributed by atoms with Crippen LogP contribution in [0.2, 0.25) is 5.02 Å². The summed E-state index contributed by atoms with van der Waals surface area (Å²) in [5.74, 6) is 1.54. The molecule has 5 rings (SSSR count). The van der Waals surface area contributed by atoms with E-state index in [1.54, 1.807) is 4.68 Å². The van der Waals surface area contributed by atoms with E-state index in [0.717, 1.165) is 31.4 Å². The summed E-state index contributed by atoms with van der Waals surface area (Å²) in [7, 11) is 0. The summed E-state index contributed by atoms with van der Waals surface area (Å²) in [4.78, 5) is 35.2. The Morgan fingerprint density at radius 1 is 1.18 bits per heavy atom. The summed E-state index contributed by atoms with van der Waals surface area (Å²) in [5, 5.41) is 8.83. The molecule has 1 N–H and O–H groups in total. The second kappa shape index (κ2) is 9.63. The van der Waals surface area contributed by atoms with Crippen LogP contribution in [-0.2, 0) is 11.3 Å². The molecule has 33 heavy (non-hydrogen) atoms. The minimum atomic E-state index is -0.294. The first kappa shape index (κ1) is 22.1. The molecule has 174 valence electrons. The number of amides is 1. The van der Waals surface area contributed by atoms with Gasteiger partial charge in [0.05, 0.1) is 6.54 Å². The minimum absolute atomic E-state index is 0.000741. The van der Waals surface area contributed by atoms with Crippen molar-refractivity contribution in [1.29, 1.82) is 0 Å². The van der Waals surface area contributed by atoms with Gasteiger partial charge in [0, 0.05) is 30.5 Å². The van der Waals surface area contributed by atoms with Crippen LogP contribution < -0.4 is 5.56 Å². The Labute approximate surface area is 197 Å². The molecule has 3 aromatic rings. The monoisotopic (exact) mass is 468 g/mol. The molecule has 1 atom stereocenters. The van der Waals surface area contributed by atoms with E-state index in [1.807, 2.05) is 29.2 Å². The fourth-order valence-electron chi connectivity index (χ4n) is 5.20. The van der Waals surface area contributed by atoms with Gasteiger partial charge in [-0.25, -0.2) is 9.67 Å². The molecule has 1 aromatic carbocycles. The smallest absolute Gasteiger partial charge is 0.281 e. The number of aromatic nitrogens is 5. The van der Waals surface area contributed by atoms with Gasteiger partial charge in [-0.1, -0.05) is 54.6 Å². The number of halogens is 1. The first-order valence-corrected chi connectivity index (χ1v) is 12.3. The predicted octanol–water partition coefficient (Wildman–Crippen LogP) is 3.89. The molecule has 1 aliphatic heterocycles. The molecule has 1 saturated heterocycles. The Morgan fingerprint density at radius 2 is 2.03 bits per heavy atom. The van der Waals surface area contributed by atoms with Crippen LogP contribution in [0.3, 0.4) is 0 Å². The fourth-order valence-corrected chi connectivity index (χ4v) is 5.42. The van der Waals surface area contributed by atoms with Crippen LogP contribution in [0.1, 0.15) is 68.7 Å². The number of hydrogen-bond donors (Lipinski definition) is 1. The van der Waals surface area contributed by atoms with Crippen LogP contribution in [0.25, 0.3) is 11.2 Å². The summed E-state index contributed by atoms with van der Waals surface area (Å²) in [6.07, 6.45) is 8.53. The molecule has 2 aromatic heterocycles. The number of carbonyl (C=O) groups excluding carboxylic acids is 1. The Kier molecular flexibility index (Phi) is 6.44. The molecular formula is C24H29ClN6O2. The molecule has 0 radical (unpaired) electrons. The van der Waals surface area contributed by atoms with Gasteiger partial charge in [-0.15, -0.1) is 5.10 Å². The third-order valence-electron chi connectivity index (χ3n) is 7.02. The van der Waals surface area contributed by atoms with Crippen LogP contribution in [0.4, 0.5) is 0 Å². The molecular weight excluding hydrogens is 440 g/mol. The predicted molar refractivity (Wildman–Crippen MR) is 126 cm³/mol. The highest BCUT2D eigenvalue weighted by molar-refractivity contribution is 6.30. The lowest BCUT2D eigenvalue weighted by Crippen LogP contribution is -2.40. The number of carbonyl (C=O) groups is 1. The van der Waals surface area contributed by atoms with E-state index in [2.05, 4.69) is 15.3 Å². The first-order valence-electron chi connectivity index (χ1n) is 11.9. The van der Waals surface area contributed by atoms with Gasteiger partial charge in [-0.2, -0.15) is 0 Å². The van der Waals surface area contributed by atoms with Gasteiger partial charge in [-0.05, 0) is 42.9 Å². The van der Waals surface area contributed by atoms with Gasteiger partial charge in [0.25, 0.3) is 5.56 Å². The lowest BCUT2D eigenvalue weighted by Gasteiger charge is -2.32. The number of likely N-dealkylation sites (tertiary alicyclic amines) is 1. The molecule has 9 heteroatoms. The lowest BCUT2D eigenvalue weighted by atomic mass is 9.96. The highest BCUT2D eigenvalue weighted by Crippen LogP contribution is 2.30. The van der Waals surface area contributed by atoms with E-state index in [1.165, 1.54) is 25.7 Å². The normalized spacial score (nSPS) is 19.4. The van der Waals surface area contributed by atoms with Crippen molar-refractivity contribution in [1.82, 2.24) is 29.9 Å². The van der Waals surface area contributed by atoms with E-state index in [9.17, 15) is 9.59 Å². The number of nitrogens with zero attached hydrogens (tertiary/aromatic N) is 5. The fraction of sp³-hybridized carbons (Fsp3) is 0.542. The molecule has 0 bridgehead atoms. The SMILES string of the molecule is O=C(CCC1CCCC1)N1CCC[C@H](c2nc3c(nnn3Cc3cccc(Cl)c3)c(=O)[nH]2)C1. The third-order valence-corrected chi connectivity index (χ3v) is 7.25. The Bertz CT molecular complexity index is 1200. The zero-order chi connectivity index (χ0) is 22.8. The number of H-pyrrole nitrogens is 1. The average Bonchev–Trinajstić information content (AvgIpc) is 3.48. The molecule has 8 nitrogen and oxygen atoms in total. The largest absolute Gasteiger partial charge is 0.342 e. The second-order valence-corrected chi connectivity index (χ2v) is 9.80. The van der Waals surface area contributed by atoms with Crippen molar-refractivity contribution >= 4 is 28.7 Å². The zero-order valence-corrected chi connectivity index (χ0v) is 19.4. The van der Waals surface area contributed by atoms with Crippen LogP contribution in [-0.4, -0.2) is 48.9 Å². The van der Waals surface area contributed by atoms with Gasteiger partial charge in [0.2, 0.25) is 5.91 Å². The number of hydrogen-bond acceptors (Lipinski definition) is 5. The van der Waals surface area contributed by atoms with Crippen molar-refractivity contribution in [2.45, 2.75) is 63.8 Å². The maximum absolute atomic E-state index is 12.9. The lowest BCUT2D eigenvalue weighted by molar-refractivity contribution is -0.132. The van der Waals surface area contributed by atoms with Crippen LogP contribution in [0, 0.1) is 5.92 Å². The zero-order valence-electron chi connectivity index (χ0n) is 18.7. The molecule has 0 unspecified atom stereocenters. The van der Waals surface area contributed by atoms with Gasteiger partial charge in [0.15, 0.2) is 11.2 Å². The Balaban J connectivity index is 1.33. The minimum Gasteiger partial charge on any atom is -0.342 e. The second-order valence-electron chi connectivity index (χ2n) is 9.37. The number of benzene rings is 1. The molecule has 2 fully saturated rings. The summed E-state index contributed by atoms with van der Waals surface area (Å²) in [6.45, 7) is 1.79. The van der Waals surface area contributed by atoms with Crippen molar-refractivity contribution < 1.29 is 4.79 Å². The number of aromatic amines is 1. The maximum Gasteiger partial charge on any atom is 0.281 e. The highest BCUT2D eigenvalue weighted by Gasteiger charge is 2.28. The number of fused-ring (bicyclic) bond motifs is 1. The van der Waals surface area contributed by atoms with Gasteiger partial charge < -0.3 is 9.88 Å². The number of piperidine rings is 1. The molecule has 1 amide bonds. The molecule has 1 saturated carbocycles. The Hall–Kier alpha value is -2.74. The third kappa shape index (κ3) is 4.95. The van der Waals surface area contributed by atoms with E-state index < -0.39 is 0 Å². The van der Waals surface area contributed by atoms with Crippen molar-refractivity contribution in [3.05, 3.63) is 51.0 Å².